The minimum atomic E-state index is 0.551. The Balaban J connectivity index is 1.90. The molecular weight excluding hydrogens is 340 g/mol. The fourth-order valence-electron chi connectivity index (χ4n) is 4.17. The highest BCUT2D eigenvalue weighted by Crippen LogP contribution is 2.39. The SMILES string of the molecule is Cn1c2ccccc2c2c(-c3ccccc3)cc(-c3cccc(CN)c3)cc21. The maximum Gasteiger partial charge on any atom is 0.0501 e. The summed E-state index contributed by atoms with van der Waals surface area (Å²) in [7, 11) is 2.15. The van der Waals surface area contributed by atoms with Crippen LogP contribution in [0.25, 0.3) is 44.1 Å². The molecule has 0 aliphatic carbocycles. The van der Waals surface area contributed by atoms with Gasteiger partial charge in [0.15, 0.2) is 0 Å². The summed E-state index contributed by atoms with van der Waals surface area (Å²) in [5.41, 5.74) is 14.4. The predicted molar refractivity (Wildman–Crippen MR) is 119 cm³/mol. The standard InChI is InChI=1S/C26H22N2/c1-28-24-13-6-5-12-22(24)26-23(19-9-3-2-4-10-19)15-21(16-25(26)28)20-11-7-8-18(14-20)17-27/h2-16H,17,27H2,1H3. The highest BCUT2D eigenvalue weighted by molar-refractivity contribution is 6.16. The Morgan fingerprint density at radius 3 is 2.25 bits per heavy atom. The molecule has 0 aliphatic rings. The van der Waals surface area contributed by atoms with Crippen molar-refractivity contribution in [2.75, 3.05) is 0 Å². The molecule has 136 valence electrons. The summed E-state index contributed by atoms with van der Waals surface area (Å²) >= 11 is 0. The minimum Gasteiger partial charge on any atom is -0.344 e. The van der Waals surface area contributed by atoms with Crippen molar-refractivity contribution in [3.8, 4) is 22.3 Å². The van der Waals surface area contributed by atoms with Gasteiger partial charge in [0.1, 0.15) is 0 Å². The van der Waals surface area contributed by atoms with E-state index in [-0.39, 0.29) is 0 Å². The van der Waals surface area contributed by atoms with Gasteiger partial charge >= 0.3 is 0 Å². The maximum atomic E-state index is 5.88. The van der Waals surface area contributed by atoms with Crippen molar-refractivity contribution in [3.63, 3.8) is 0 Å². The second kappa shape index (κ2) is 6.66. The van der Waals surface area contributed by atoms with Crippen LogP contribution in [0, 0.1) is 0 Å². The van der Waals surface area contributed by atoms with Gasteiger partial charge in [-0.3, -0.25) is 0 Å². The molecule has 0 saturated carbocycles. The Kier molecular flexibility index (Phi) is 4.00. The smallest absolute Gasteiger partial charge is 0.0501 e. The molecule has 2 N–H and O–H groups in total. The van der Waals surface area contributed by atoms with E-state index in [1.54, 1.807) is 0 Å². The highest BCUT2D eigenvalue weighted by Gasteiger charge is 2.15. The average Bonchev–Trinajstić information content (AvgIpc) is 3.06. The molecule has 2 heteroatoms. The molecule has 4 aromatic carbocycles. The van der Waals surface area contributed by atoms with Crippen molar-refractivity contribution in [1.82, 2.24) is 4.57 Å². The van der Waals surface area contributed by atoms with Gasteiger partial charge in [0.05, 0.1) is 5.52 Å². The number of aromatic nitrogens is 1. The van der Waals surface area contributed by atoms with E-state index in [1.807, 2.05) is 0 Å². The van der Waals surface area contributed by atoms with Crippen LogP contribution in [0.2, 0.25) is 0 Å². The molecule has 0 bridgehead atoms. The molecule has 0 aliphatic heterocycles. The lowest BCUT2D eigenvalue weighted by molar-refractivity contribution is 1.01. The van der Waals surface area contributed by atoms with Crippen molar-refractivity contribution >= 4 is 21.8 Å². The van der Waals surface area contributed by atoms with E-state index in [4.69, 9.17) is 5.73 Å². The van der Waals surface area contributed by atoms with Crippen molar-refractivity contribution in [2.24, 2.45) is 12.8 Å². The van der Waals surface area contributed by atoms with Crippen LogP contribution in [0.1, 0.15) is 5.56 Å². The fraction of sp³-hybridized carbons (Fsp3) is 0.0769. The Morgan fingerprint density at radius 2 is 1.43 bits per heavy atom. The first-order valence-corrected chi connectivity index (χ1v) is 9.62. The topological polar surface area (TPSA) is 30.9 Å². The largest absolute Gasteiger partial charge is 0.344 e. The molecule has 2 nitrogen and oxygen atoms in total. The lowest BCUT2D eigenvalue weighted by atomic mass is 9.94. The number of nitrogens with zero attached hydrogens (tertiary/aromatic N) is 1. The third kappa shape index (κ3) is 2.62. The molecule has 0 radical (unpaired) electrons. The van der Waals surface area contributed by atoms with Gasteiger partial charge in [0, 0.05) is 29.9 Å². The van der Waals surface area contributed by atoms with Gasteiger partial charge in [-0.25, -0.2) is 0 Å². The Morgan fingerprint density at radius 1 is 0.679 bits per heavy atom. The first-order valence-electron chi connectivity index (χ1n) is 9.62. The first-order chi connectivity index (χ1) is 13.8. The lowest BCUT2D eigenvalue weighted by Crippen LogP contribution is -1.96. The maximum absolute atomic E-state index is 5.88. The Labute approximate surface area is 164 Å². The zero-order valence-corrected chi connectivity index (χ0v) is 15.9. The van der Waals surface area contributed by atoms with Gasteiger partial charge in [0.2, 0.25) is 0 Å². The molecule has 28 heavy (non-hydrogen) atoms. The highest BCUT2D eigenvalue weighted by atomic mass is 14.9. The van der Waals surface area contributed by atoms with Crippen LogP contribution in [-0.4, -0.2) is 4.57 Å². The number of rotatable bonds is 3. The molecule has 1 heterocycles. The number of hydrogen-bond acceptors (Lipinski definition) is 1. The van der Waals surface area contributed by atoms with Crippen LogP contribution < -0.4 is 5.73 Å². The van der Waals surface area contributed by atoms with E-state index in [0.717, 1.165) is 5.56 Å². The van der Waals surface area contributed by atoms with E-state index in [0.29, 0.717) is 6.54 Å². The molecule has 0 atom stereocenters. The van der Waals surface area contributed by atoms with Gasteiger partial charge in [-0.05, 0) is 52.1 Å². The first kappa shape index (κ1) is 16.8. The van der Waals surface area contributed by atoms with Crippen LogP contribution in [0.3, 0.4) is 0 Å². The number of nitrogens with two attached hydrogens (primary N) is 1. The zero-order valence-electron chi connectivity index (χ0n) is 15.9. The summed E-state index contributed by atoms with van der Waals surface area (Å²) in [5.74, 6) is 0. The number of hydrogen-bond donors (Lipinski definition) is 1. The summed E-state index contributed by atoms with van der Waals surface area (Å²) in [6.45, 7) is 0.551. The van der Waals surface area contributed by atoms with Crippen LogP contribution in [0.5, 0.6) is 0 Å². The second-order valence-corrected chi connectivity index (χ2v) is 7.26. The van der Waals surface area contributed by atoms with Gasteiger partial charge in [-0.1, -0.05) is 66.7 Å². The number of benzene rings is 4. The summed E-state index contributed by atoms with van der Waals surface area (Å²) in [5, 5.41) is 2.60. The van der Waals surface area contributed by atoms with Gasteiger partial charge in [-0.2, -0.15) is 0 Å². The monoisotopic (exact) mass is 362 g/mol. The van der Waals surface area contributed by atoms with Crippen molar-refractivity contribution in [1.29, 1.82) is 0 Å². The molecule has 5 rings (SSSR count). The van der Waals surface area contributed by atoms with Crippen LogP contribution in [0.15, 0.2) is 91.0 Å². The van der Waals surface area contributed by atoms with Crippen molar-refractivity contribution < 1.29 is 0 Å². The van der Waals surface area contributed by atoms with E-state index in [9.17, 15) is 0 Å². The van der Waals surface area contributed by atoms with Gasteiger partial charge in [-0.15, -0.1) is 0 Å². The molecule has 0 fully saturated rings. The normalized spacial score (nSPS) is 11.4. The van der Waals surface area contributed by atoms with Gasteiger partial charge in [0.25, 0.3) is 0 Å². The third-order valence-corrected chi connectivity index (χ3v) is 5.59. The molecular formula is C26H22N2. The van der Waals surface area contributed by atoms with Crippen LogP contribution in [-0.2, 0) is 13.6 Å². The second-order valence-electron chi connectivity index (χ2n) is 7.26. The minimum absolute atomic E-state index is 0.551. The van der Waals surface area contributed by atoms with E-state index >= 15 is 0 Å². The van der Waals surface area contributed by atoms with E-state index < -0.39 is 0 Å². The predicted octanol–water partition coefficient (Wildman–Crippen LogP) is 6.12. The molecule has 5 aromatic rings. The summed E-state index contributed by atoms with van der Waals surface area (Å²) in [6, 6.07) is 32.4. The molecule has 0 saturated heterocycles. The molecule has 0 spiro atoms. The third-order valence-electron chi connectivity index (χ3n) is 5.59. The lowest BCUT2D eigenvalue weighted by Gasteiger charge is -2.11. The Hall–Kier alpha value is -3.36. The average molecular weight is 362 g/mol. The molecule has 0 amide bonds. The molecule has 0 unspecified atom stereocenters. The quantitative estimate of drug-likeness (QED) is 0.411. The van der Waals surface area contributed by atoms with Crippen molar-refractivity contribution in [2.45, 2.75) is 6.54 Å². The zero-order chi connectivity index (χ0) is 19.1. The van der Waals surface area contributed by atoms with Crippen molar-refractivity contribution in [3.05, 3.63) is 96.6 Å². The number of para-hydroxylation sites is 1. The van der Waals surface area contributed by atoms with Gasteiger partial charge < -0.3 is 10.3 Å². The van der Waals surface area contributed by atoms with E-state index in [1.165, 1.54) is 44.1 Å². The molecule has 1 aromatic heterocycles. The van der Waals surface area contributed by atoms with Crippen LogP contribution >= 0.6 is 0 Å². The van der Waals surface area contributed by atoms with E-state index in [2.05, 4.69) is 103 Å². The Bertz CT molecular complexity index is 1300. The number of aryl methyl sites for hydroxylation is 1. The summed E-state index contributed by atoms with van der Waals surface area (Å²) in [4.78, 5) is 0. The van der Waals surface area contributed by atoms with Crippen LogP contribution in [0.4, 0.5) is 0 Å². The summed E-state index contributed by atoms with van der Waals surface area (Å²) in [6.07, 6.45) is 0. The number of fused-ring (bicyclic) bond motifs is 3. The summed E-state index contributed by atoms with van der Waals surface area (Å²) < 4.78 is 2.30. The fourth-order valence-corrected chi connectivity index (χ4v) is 4.17.